The second-order valence-corrected chi connectivity index (χ2v) is 6.58. The van der Waals surface area contributed by atoms with Crippen LogP contribution in [0.25, 0.3) is 0 Å². The molecule has 4 heteroatoms. The molecule has 1 aromatic heterocycles. The third-order valence-corrected chi connectivity index (χ3v) is 2.78. The highest BCUT2D eigenvalue weighted by atomic mass is 19.4. The van der Waals surface area contributed by atoms with E-state index >= 15 is 0 Å². The van der Waals surface area contributed by atoms with E-state index < -0.39 is 17.3 Å². The van der Waals surface area contributed by atoms with Gasteiger partial charge in [0.15, 0.2) is 0 Å². The third-order valence-electron chi connectivity index (χ3n) is 2.78. The average molecular weight is 259 g/mol. The molecule has 0 spiro atoms. The lowest BCUT2D eigenvalue weighted by Crippen LogP contribution is -2.27. The van der Waals surface area contributed by atoms with Gasteiger partial charge >= 0.3 is 6.18 Å². The minimum absolute atomic E-state index is 0.296. The molecule has 1 heterocycles. The van der Waals surface area contributed by atoms with Crippen molar-refractivity contribution in [2.24, 2.45) is 0 Å². The summed E-state index contributed by atoms with van der Waals surface area (Å²) in [6.07, 6.45) is -3.16. The van der Waals surface area contributed by atoms with Crippen LogP contribution in [0.2, 0.25) is 0 Å². The molecule has 1 aromatic rings. The highest BCUT2D eigenvalue weighted by molar-refractivity contribution is 5.41. The number of hydrogen-bond acceptors (Lipinski definition) is 1. The Kier molecular flexibility index (Phi) is 3.54. The zero-order chi connectivity index (χ0) is 14.4. The summed E-state index contributed by atoms with van der Waals surface area (Å²) in [5.41, 5.74) is -0.697. The molecule has 0 atom stereocenters. The van der Waals surface area contributed by atoms with Crippen LogP contribution in [0, 0.1) is 0 Å². The Hall–Kier alpha value is -1.06. The SMILES string of the molecule is CC(C)(C)c1ccnc(C(F)(F)F)c1C(C)(C)C. The van der Waals surface area contributed by atoms with Crippen molar-refractivity contribution in [3.63, 3.8) is 0 Å². The van der Waals surface area contributed by atoms with Crippen molar-refractivity contribution < 1.29 is 13.2 Å². The summed E-state index contributed by atoms with van der Waals surface area (Å²) in [7, 11) is 0. The number of alkyl halides is 3. The normalized spacial score (nSPS) is 13.8. The lowest BCUT2D eigenvalue weighted by molar-refractivity contribution is -0.142. The molecule has 0 aromatic carbocycles. The summed E-state index contributed by atoms with van der Waals surface area (Å²) in [6, 6.07) is 1.69. The Morgan fingerprint density at radius 2 is 1.39 bits per heavy atom. The smallest absolute Gasteiger partial charge is 0.251 e. The van der Waals surface area contributed by atoms with Crippen LogP contribution in [0.15, 0.2) is 12.3 Å². The van der Waals surface area contributed by atoms with Gasteiger partial charge in [-0.1, -0.05) is 41.5 Å². The fraction of sp³-hybridized carbons (Fsp3) is 0.643. The van der Waals surface area contributed by atoms with Gasteiger partial charge in [-0.2, -0.15) is 13.2 Å². The maximum Gasteiger partial charge on any atom is 0.433 e. The first-order valence-corrected chi connectivity index (χ1v) is 5.92. The average Bonchev–Trinajstić information content (AvgIpc) is 2.12. The molecule has 0 saturated heterocycles. The summed E-state index contributed by atoms with van der Waals surface area (Å²) in [5, 5.41) is 0. The van der Waals surface area contributed by atoms with Crippen molar-refractivity contribution in [2.45, 2.75) is 58.5 Å². The number of rotatable bonds is 0. The molecule has 0 unspecified atom stereocenters. The van der Waals surface area contributed by atoms with Gasteiger partial charge in [0.05, 0.1) is 0 Å². The second-order valence-electron chi connectivity index (χ2n) is 6.58. The maximum absolute atomic E-state index is 13.1. The molecule has 0 saturated carbocycles. The van der Waals surface area contributed by atoms with E-state index in [0.29, 0.717) is 11.1 Å². The highest BCUT2D eigenvalue weighted by Gasteiger charge is 2.40. The van der Waals surface area contributed by atoms with Crippen LogP contribution < -0.4 is 0 Å². The number of pyridine rings is 1. The van der Waals surface area contributed by atoms with Crippen LogP contribution in [-0.4, -0.2) is 4.98 Å². The van der Waals surface area contributed by atoms with Gasteiger partial charge in [-0.3, -0.25) is 4.98 Å². The maximum atomic E-state index is 13.1. The Morgan fingerprint density at radius 3 is 1.72 bits per heavy atom. The van der Waals surface area contributed by atoms with E-state index in [1.165, 1.54) is 6.20 Å². The number of hydrogen-bond donors (Lipinski definition) is 0. The minimum atomic E-state index is -4.41. The predicted molar refractivity (Wildman–Crippen MR) is 66.6 cm³/mol. The van der Waals surface area contributed by atoms with E-state index in [9.17, 15) is 13.2 Å². The van der Waals surface area contributed by atoms with Crippen molar-refractivity contribution in [1.29, 1.82) is 0 Å². The molecule has 102 valence electrons. The summed E-state index contributed by atoms with van der Waals surface area (Å²) < 4.78 is 39.3. The lowest BCUT2D eigenvalue weighted by atomic mass is 9.74. The molecule has 0 aliphatic heterocycles. The zero-order valence-electron chi connectivity index (χ0n) is 11.7. The Morgan fingerprint density at radius 1 is 0.889 bits per heavy atom. The molecule has 0 N–H and O–H groups in total. The fourth-order valence-corrected chi connectivity index (χ4v) is 2.06. The van der Waals surface area contributed by atoms with Gasteiger partial charge in [0, 0.05) is 6.20 Å². The van der Waals surface area contributed by atoms with Crippen LogP contribution >= 0.6 is 0 Å². The number of aromatic nitrogens is 1. The van der Waals surface area contributed by atoms with Crippen LogP contribution in [0.4, 0.5) is 13.2 Å². The number of nitrogens with zero attached hydrogens (tertiary/aromatic N) is 1. The molecule has 0 radical (unpaired) electrons. The zero-order valence-corrected chi connectivity index (χ0v) is 11.7. The molecule has 18 heavy (non-hydrogen) atoms. The Labute approximate surface area is 106 Å². The summed E-state index contributed by atoms with van der Waals surface area (Å²) in [5.74, 6) is 0. The Bertz CT molecular complexity index is 402. The van der Waals surface area contributed by atoms with Crippen LogP contribution in [0.3, 0.4) is 0 Å². The summed E-state index contributed by atoms with van der Waals surface area (Å²) in [4.78, 5) is 3.57. The molecule has 0 fully saturated rings. The largest absolute Gasteiger partial charge is 0.433 e. The van der Waals surface area contributed by atoms with E-state index in [2.05, 4.69) is 4.98 Å². The molecule has 0 aliphatic carbocycles. The minimum Gasteiger partial charge on any atom is -0.251 e. The molecular weight excluding hydrogens is 239 g/mol. The summed E-state index contributed by atoms with van der Waals surface area (Å²) in [6.45, 7) is 11.1. The monoisotopic (exact) mass is 259 g/mol. The van der Waals surface area contributed by atoms with Crippen molar-refractivity contribution in [1.82, 2.24) is 4.98 Å². The van der Waals surface area contributed by atoms with E-state index in [-0.39, 0.29) is 5.41 Å². The van der Waals surface area contributed by atoms with Crippen molar-refractivity contribution >= 4 is 0 Å². The molecule has 0 bridgehead atoms. The second kappa shape index (κ2) is 4.25. The first kappa shape index (κ1) is 15.0. The van der Waals surface area contributed by atoms with Crippen LogP contribution in [-0.2, 0) is 17.0 Å². The Balaban J connectivity index is 3.68. The van der Waals surface area contributed by atoms with E-state index in [4.69, 9.17) is 0 Å². The highest BCUT2D eigenvalue weighted by Crippen LogP contribution is 2.41. The quantitative estimate of drug-likeness (QED) is 0.658. The van der Waals surface area contributed by atoms with Gasteiger partial charge < -0.3 is 0 Å². The summed E-state index contributed by atoms with van der Waals surface area (Å²) >= 11 is 0. The van der Waals surface area contributed by atoms with Crippen molar-refractivity contribution in [2.75, 3.05) is 0 Å². The topological polar surface area (TPSA) is 12.9 Å². The van der Waals surface area contributed by atoms with Gasteiger partial charge in [-0.05, 0) is 28.0 Å². The molecule has 0 amide bonds. The van der Waals surface area contributed by atoms with Gasteiger partial charge in [0.2, 0.25) is 0 Å². The third kappa shape index (κ3) is 3.03. The standard InChI is InChI=1S/C14H20F3N/c1-12(2,3)9-7-8-18-11(14(15,16)17)10(9)13(4,5)6/h7-8H,1-6H3. The first-order valence-electron chi connectivity index (χ1n) is 5.92. The van der Waals surface area contributed by atoms with Crippen molar-refractivity contribution in [3.8, 4) is 0 Å². The van der Waals surface area contributed by atoms with Gasteiger partial charge in [0.1, 0.15) is 5.69 Å². The lowest BCUT2D eigenvalue weighted by Gasteiger charge is -2.32. The fourth-order valence-electron chi connectivity index (χ4n) is 2.06. The van der Waals surface area contributed by atoms with Gasteiger partial charge in [0.25, 0.3) is 0 Å². The van der Waals surface area contributed by atoms with Gasteiger partial charge in [-0.25, -0.2) is 0 Å². The molecular formula is C14H20F3N. The molecule has 0 aliphatic rings. The van der Waals surface area contributed by atoms with Crippen LogP contribution in [0.5, 0.6) is 0 Å². The first-order chi connectivity index (χ1) is 7.85. The number of halogens is 3. The molecule has 1 rings (SSSR count). The predicted octanol–water partition coefficient (Wildman–Crippen LogP) is 4.70. The van der Waals surface area contributed by atoms with E-state index in [1.807, 2.05) is 20.8 Å². The van der Waals surface area contributed by atoms with E-state index in [1.54, 1.807) is 26.8 Å². The van der Waals surface area contributed by atoms with E-state index in [0.717, 1.165) is 0 Å². The van der Waals surface area contributed by atoms with Gasteiger partial charge in [-0.15, -0.1) is 0 Å². The van der Waals surface area contributed by atoms with Crippen LogP contribution in [0.1, 0.15) is 58.4 Å². The van der Waals surface area contributed by atoms with Crippen molar-refractivity contribution in [3.05, 3.63) is 29.1 Å². The molecule has 1 nitrogen and oxygen atoms in total.